The maximum absolute atomic E-state index is 4.60. The Labute approximate surface area is 87.6 Å². The number of rotatable bonds is 0. The van der Waals surface area contributed by atoms with Gasteiger partial charge in [0.05, 0.1) is 11.0 Å². The number of hydrogen-bond donors (Lipinski definition) is 0. The van der Waals surface area contributed by atoms with E-state index < -0.39 is 0 Å². The Morgan fingerprint density at radius 2 is 1.87 bits per heavy atom. The zero-order valence-electron chi connectivity index (χ0n) is 8.44. The molecule has 0 spiro atoms. The normalized spacial score (nSPS) is 11.0. The molecule has 3 rings (SSSR count). The third-order valence-electron chi connectivity index (χ3n) is 2.64. The number of aryl methyl sites for hydroxylation is 1. The van der Waals surface area contributed by atoms with E-state index >= 15 is 0 Å². The van der Waals surface area contributed by atoms with Crippen LogP contribution in [0.2, 0.25) is 0 Å². The molecule has 0 amide bonds. The van der Waals surface area contributed by atoms with Crippen LogP contribution in [-0.4, -0.2) is 9.97 Å². The summed E-state index contributed by atoms with van der Waals surface area (Å²) in [6.07, 6.45) is 1.80. The highest BCUT2D eigenvalue weighted by Crippen LogP contribution is 2.20. The lowest BCUT2D eigenvalue weighted by Crippen LogP contribution is -1.87. The number of fused-ring (bicyclic) bond motifs is 2. The zero-order valence-corrected chi connectivity index (χ0v) is 8.44. The molecule has 0 fully saturated rings. The van der Waals surface area contributed by atoms with Gasteiger partial charge in [-0.1, -0.05) is 18.2 Å². The van der Waals surface area contributed by atoms with Gasteiger partial charge < -0.3 is 0 Å². The monoisotopic (exact) mass is 194 g/mol. The Balaban J connectivity index is 2.53. The molecule has 0 N–H and O–H groups in total. The van der Waals surface area contributed by atoms with Crippen molar-refractivity contribution >= 4 is 21.8 Å². The summed E-state index contributed by atoms with van der Waals surface area (Å²) in [5.41, 5.74) is 3.09. The summed E-state index contributed by atoms with van der Waals surface area (Å²) < 4.78 is 0. The zero-order chi connectivity index (χ0) is 10.3. The molecule has 1 aromatic carbocycles. The minimum atomic E-state index is 1.02. The fourth-order valence-corrected chi connectivity index (χ4v) is 1.84. The minimum Gasteiger partial charge on any atom is -0.261 e. The largest absolute Gasteiger partial charge is 0.261 e. The topological polar surface area (TPSA) is 25.8 Å². The van der Waals surface area contributed by atoms with E-state index in [1.807, 2.05) is 31.2 Å². The van der Waals surface area contributed by atoms with Crippen LogP contribution in [0.5, 0.6) is 0 Å². The van der Waals surface area contributed by atoms with Crippen molar-refractivity contribution in [1.29, 1.82) is 0 Å². The third kappa shape index (κ3) is 1.26. The maximum atomic E-state index is 4.60. The van der Waals surface area contributed by atoms with Gasteiger partial charge in [0.15, 0.2) is 0 Å². The highest BCUT2D eigenvalue weighted by atomic mass is 14.7. The molecular formula is C13H10N2. The Hall–Kier alpha value is -1.96. The molecule has 0 aliphatic rings. The summed E-state index contributed by atoms with van der Waals surface area (Å²) in [4.78, 5) is 8.87. The number of aromatic nitrogens is 2. The van der Waals surface area contributed by atoms with E-state index in [4.69, 9.17) is 0 Å². The van der Waals surface area contributed by atoms with Crippen LogP contribution in [0.1, 0.15) is 5.69 Å². The predicted molar refractivity (Wildman–Crippen MR) is 61.8 cm³/mol. The van der Waals surface area contributed by atoms with Crippen molar-refractivity contribution in [3.05, 3.63) is 48.3 Å². The molecule has 0 saturated heterocycles. The number of para-hydroxylation sites is 1. The van der Waals surface area contributed by atoms with Gasteiger partial charge in [0.1, 0.15) is 0 Å². The van der Waals surface area contributed by atoms with E-state index in [2.05, 4.69) is 22.1 Å². The lowest BCUT2D eigenvalue weighted by molar-refractivity contribution is 1.23. The van der Waals surface area contributed by atoms with Crippen LogP contribution in [0, 0.1) is 6.92 Å². The van der Waals surface area contributed by atoms with Crippen molar-refractivity contribution in [3.63, 3.8) is 0 Å². The second-order valence-corrected chi connectivity index (χ2v) is 3.64. The summed E-state index contributed by atoms with van der Waals surface area (Å²) in [6, 6.07) is 12.3. The van der Waals surface area contributed by atoms with E-state index in [0.29, 0.717) is 0 Å². The molecule has 72 valence electrons. The summed E-state index contributed by atoms with van der Waals surface area (Å²) in [7, 11) is 0. The highest BCUT2D eigenvalue weighted by molar-refractivity contribution is 5.93. The standard InChI is InChI=1S/C13H10N2/c1-9-11-8-10-4-2-3-5-12(10)15-13(11)6-7-14-9/h2-8H,1H3. The van der Waals surface area contributed by atoms with E-state index in [1.54, 1.807) is 6.20 Å². The van der Waals surface area contributed by atoms with Gasteiger partial charge in [-0.25, -0.2) is 4.98 Å². The first-order chi connectivity index (χ1) is 7.34. The molecule has 2 aromatic heterocycles. The number of nitrogens with zero attached hydrogens (tertiary/aromatic N) is 2. The van der Waals surface area contributed by atoms with Crippen LogP contribution in [0.25, 0.3) is 21.8 Å². The SMILES string of the molecule is Cc1nccc2nc3ccccc3cc12. The Morgan fingerprint density at radius 3 is 2.80 bits per heavy atom. The average molecular weight is 194 g/mol. The smallest absolute Gasteiger partial charge is 0.0743 e. The molecule has 2 heterocycles. The van der Waals surface area contributed by atoms with Gasteiger partial charge in [-0.15, -0.1) is 0 Å². The van der Waals surface area contributed by atoms with Crippen molar-refractivity contribution in [3.8, 4) is 0 Å². The Kier molecular flexibility index (Phi) is 1.68. The third-order valence-corrected chi connectivity index (χ3v) is 2.64. The van der Waals surface area contributed by atoms with Gasteiger partial charge in [-0.2, -0.15) is 0 Å². The fraction of sp³-hybridized carbons (Fsp3) is 0.0769. The first-order valence-electron chi connectivity index (χ1n) is 4.96. The van der Waals surface area contributed by atoms with Gasteiger partial charge >= 0.3 is 0 Å². The van der Waals surface area contributed by atoms with Crippen LogP contribution in [-0.2, 0) is 0 Å². The molecule has 0 radical (unpaired) electrons. The van der Waals surface area contributed by atoms with Crippen molar-refractivity contribution < 1.29 is 0 Å². The molecular weight excluding hydrogens is 184 g/mol. The van der Waals surface area contributed by atoms with Crippen LogP contribution < -0.4 is 0 Å². The second-order valence-electron chi connectivity index (χ2n) is 3.64. The lowest BCUT2D eigenvalue weighted by Gasteiger charge is -2.02. The van der Waals surface area contributed by atoms with Crippen LogP contribution in [0.15, 0.2) is 42.6 Å². The van der Waals surface area contributed by atoms with Crippen molar-refractivity contribution in [2.45, 2.75) is 6.92 Å². The van der Waals surface area contributed by atoms with Gasteiger partial charge in [0.2, 0.25) is 0 Å². The predicted octanol–water partition coefficient (Wildman–Crippen LogP) is 3.09. The van der Waals surface area contributed by atoms with E-state index in [0.717, 1.165) is 22.1 Å². The molecule has 3 aromatic rings. The van der Waals surface area contributed by atoms with Crippen LogP contribution in [0.4, 0.5) is 0 Å². The molecule has 0 unspecified atom stereocenters. The van der Waals surface area contributed by atoms with Crippen LogP contribution in [0.3, 0.4) is 0 Å². The fourth-order valence-electron chi connectivity index (χ4n) is 1.84. The van der Waals surface area contributed by atoms with Crippen molar-refractivity contribution in [2.75, 3.05) is 0 Å². The lowest BCUT2D eigenvalue weighted by atomic mass is 10.1. The highest BCUT2D eigenvalue weighted by Gasteiger charge is 2.01. The number of benzene rings is 1. The number of hydrogen-bond acceptors (Lipinski definition) is 2. The molecule has 2 nitrogen and oxygen atoms in total. The quantitative estimate of drug-likeness (QED) is 0.514. The maximum Gasteiger partial charge on any atom is 0.0743 e. The average Bonchev–Trinajstić information content (AvgIpc) is 2.27. The van der Waals surface area contributed by atoms with Gasteiger partial charge in [-0.05, 0) is 25.1 Å². The first-order valence-corrected chi connectivity index (χ1v) is 4.96. The summed E-state index contributed by atoms with van der Waals surface area (Å²) in [6.45, 7) is 2.01. The first kappa shape index (κ1) is 8.36. The molecule has 0 aliphatic heterocycles. The van der Waals surface area contributed by atoms with Crippen LogP contribution >= 0.6 is 0 Å². The molecule has 2 heteroatoms. The molecule has 0 bridgehead atoms. The summed E-state index contributed by atoms with van der Waals surface area (Å²) >= 11 is 0. The second kappa shape index (κ2) is 3.02. The molecule has 0 saturated carbocycles. The summed E-state index contributed by atoms with van der Waals surface area (Å²) in [5.74, 6) is 0. The van der Waals surface area contributed by atoms with E-state index in [9.17, 15) is 0 Å². The Morgan fingerprint density at radius 1 is 1.00 bits per heavy atom. The van der Waals surface area contributed by atoms with Crippen molar-refractivity contribution in [2.24, 2.45) is 0 Å². The number of pyridine rings is 2. The molecule has 15 heavy (non-hydrogen) atoms. The van der Waals surface area contributed by atoms with Gasteiger partial charge in [-0.3, -0.25) is 4.98 Å². The van der Waals surface area contributed by atoms with E-state index in [1.165, 1.54) is 5.39 Å². The summed E-state index contributed by atoms with van der Waals surface area (Å²) in [5, 5.41) is 2.30. The Bertz CT molecular complexity index is 644. The van der Waals surface area contributed by atoms with Gasteiger partial charge in [0, 0.05) is 22.7 Å². The van der Waals surface area contributed by atoms with E-state index in [-0.39, 0.29) is 0 Å². The molecule has 0 aliphatic carbocycles. The minimum absolute atomic E-state index is 1.02. The van der Waals surface area contributed by atoms with Gasteiger partial charge in [0.25, 0.3) is 0 Å². The molecule has 0 atom stereocenters. The van der Waals surface area contributed by atoms with Crippen molar-refractivity contribution in [1.82, 2.24) is 9.97 Å².